The molecule has 0 aliphatic heterocycles. The summed E-state index contributed by atoms with van der Waals surface area (Å²) in [6.45, 7) is 0. The maximum Gasteiger partial charge on any atom is 0.345 e. The molecule has 0 fully saturated rings. The van der Waals surface area contributed by atoms with Crippen molar-refractivity contribution < 1.29 is 19.1 Å². The van der Waals surface area contributed by atoms with Crippen LogP contribution in [0.4, 0.5) is 5.69 Å². The molecule has 0 aliphatic rings. The molecule has 0 heterocycles. The third-order valence-corrected chi connectivity index (χ3v) is 6.42. The number of halogens is 2. The van der Waals surface area contributed by atoms with Crippen LogP contribution in [0.2, 0.25) is 10.0 Å². The quantitative estimate of drug-likeness (QED) is 0.0783. The van der Waals surface area contributed by atoms with Crippen molar-refractivity contribution in [1.29, 1.82) is 0 Å². The molecule has 0 saturated heterocycles. The van der Waals surface area contributed by atoms with E-state index >= 15 is 0 Å². The van der Waals surface area contributed by atoms with Gasteiger partial charge in [-0.15, -0.1) is 0 Å². The third-order valence-electron chi connectivity index (χ3n) is 5.87. The predicted octanol–water partition coefficient (Wildman–Crippen LogP) is 6.20. The number of benzene rings is 4. The average Bonchev–Trinajstić information content (AvgIpc) is 2.98. The number of amides is 2. The fraction of sp³-hybridized carbons (Fsp3) is 0.0625. The highest BCUT2D eigenvalue weighted by Crippen LogP contribution is 2.23. The van der Waals surface area contributed by atoms with Gasteiger partial charge >= 0.3 is 5.97 Å². The number of esters is 1. The smallest absolute Gasteiger partial charge is 0.345 e. The molecule has 2 amide bonds. The number of hydrogen-bond acceptors (Lipinski definition) is 6. The first kappa shape index (κ1) is 30.0. The van der Waals surface area contributed by atoms with Crippen LogP contribution in [0.3, 0.4) is 0 Å². The van der Waals surface area contributed by atoms with E-state index in [9.17, 15) is 14.4 Å². The molecule has 212 valence electrons. The minimum absolute atomic E-state index is 0.0155. The fourth-order valence-electron chi connectivity index (χ4n) is 3.64. The van der Waals surface area contributed by atoms with Gasteiger partial charge in [-0.25, -0.2) is 10.2 Å². The second kappa shape index (κ2) is 14.1. The number of nitrogens with one attached hydrogen (secondary N) is 2. The van der Waals surface area contributed by atoms with Gasteiger partial charge < -0.3 is 15.0 Å². The van der Waals surface area contributed by atoms with Crippen molar-refractivity contribution in [2.45, 2.75) is 0 Å². The lowest BCUT2D eigenvalue weighted by Gasteiger charge is -2.12. The van der Waals surface area contributed by atoms with Gasteiger partial charge in [-0.1, -0.05) is 53.5 Å². The van der Waals surface area contributed by atoms with Gasteiger partial charge in [0.2, 0.25) is 0 Å². The van der Waals surface area contributed by atoms with Crippen LogP contribution in [0.5, 0.6) is 5.75 Å². The summed E-state index contributed by atoms with van der Waals surface area (Å²) < 4.78 is 5.37. The second-order valence-corrected chi connectivity index (χ2v) is 9.99. The maximum atomic E-state index is 13.0. The Morgan fingerprint density at radius 3 is 2.14 bits per heavy atom. The Balaban J connectivity index is 1.44. The van der Waals surface area contributed by atoms with Gasteiger partial charge in [0.1, 0.15) is 11.4 Å². The van der Waals surface area contributed by atoms with Crippen LogP contribution < -0.4 is 20.4 Å². The van der Waals surface area contributed by atoms with Gasteiger partial charge in [0, 0.05) is 30.4 Å². The first-order chi connectivity index (χ1) is 20.2. The Hall–Kier alpha value is -4.92. The Bertz CT molecular complexity index is 1640. The third kappa shape index (κ3) is 8.30. The molecule has 0 aromatic heterocycles. The van der Waals surface area contributed by atoms with E-state index in [0.29, 0.717) is 27.5 Å². The van der Waals surface area contributed by atoms with Crippen LogP contribution >= 0.6 is 23.2 Å². The topological polar surface area (TPSA) is 100 Å². The maximum absolute atomic E-state index is 13.0. The minimum Gasteiger partial charge on any atom is -0.423 e. The highest BCUT2D eigenvalue weighted by molar-refractivity contribution is 6.36. The summed E-state index contributed by atoms with van der Waals surface area (Å²) in [4.78, 5) is 40.2. The van der Waals surface area contributed by atoms with Gasteiger partial charge in [-0.3, -0.25) is 9.59 Å². The Morgan fingerprint density at radius 2 is 1.50 bits per heavy atom. The normalized spacial score (nSPS) is 11.2. The summed E-state index contributed by atoms with van der Waals surface area (Å²) in [6.07, 6.45) is 2.99. The van der Waals surface area contributed by atoms with Gasteiger partial charge in [-0.05, 0) is 83.9 Å². The standard InChI is InChI=1S/C32H26Cl2N4O4/c1-38(2)25-13-8-21(9-14-25)18-29(36-30(39)23-6-4-3-5-7-23)31(40)37-35-20-22-10-15-26(16-11-22)42-32(41)27-17-12-24(33)19-28(27)34/h3-20H,1-2H3,(H,36,39)(H,37,40). The first-order valence-corrected chi connectivity index (χ1v) is 13.4. The summed E-state index contributed by atoms with van der Waals surface area (Å²) in [7, 11) is 3.86. The first-order valence-electron chi connectivity index (χ1n) is 12.7. The number of carbonyl (C=O) groups excluding carboxylic acids is 3. The Labute approximate surface area is 253 Å². The van der Waals surface area contributed by atoms with Crippen molar-refractivity contribution in [1.82, 2.24) is 10.7 Å². The van der Waals surface area contributed by atoms with Crippen molar-refractivity contribution in [3.63, 3.8) is 0 Å². The molecular weight excluding hydrogens is 575 g/mol. The van der Waals surface area contributed by atoms with Crippen molar-refractivity contribution in [2.75, 3.05) is 19.0 Å². The summed E-state index contributed by atoms with van der Waals surface area (Å²) in [6, 6.07) is 27.0. The van der Waals surface area contributed by atoms with E-state index in [-0.39, 0.29) is 16.3 Å². The molecule has 0 spiro atoms. The zero-order chi connectivity index (χ0) is 30.1. The molecule has 0 radical (unpaired) electrons. The molecule has 4 rings (SSSR count). The SMILES string of the molecule is CN(C)c1ccc(C=C(NC(=O)c2ccccc2)C(=O)NN=Cc2ccc(OC(=O)c3ccc(Cl)cc3Cl)cc2)cc1. The van der Waals surface area contributed by atoms with Crippen LogP contribution in [-0.2, 0) is 4.79 Å². The number of carbonyl (C=O) groups is 3. The molecule has 42 heavy (non-hydrogen) atoms. The molecule has 2 N–H and O–H groups in total. The Kier molecular flexibility index (Phi) is 10.1. The van der Waals surface area contributed by atoms with Crippen LogP contribution in [-0.4, -0.2) is 38.1 Å². The summed E-state index contributed by atoms with van der Waals surface area (Å²) >= 11 is 12.0. The highest BCUT2D eigenvalue weighted by atomic mass is 35.5. The molecule has 4 aromatic rings. The summed E-state index contributed by atoms with van der Waals surface area (Å²) in [5.74, 6) is -1.38. The highest BCUT2D eigenvalue weighted by Gasteiger charge is 2.15. The fourth-order valence-corrected chi connectivity index (χ4v) is 4.13. The predicted molar refractivity (Wildman–Crippen MR) is 166 cm³/mol. The number of rotatable bonds is 9. The number of nitrogens with zero attached hydrogens (tertiary/aromatic N) is 2. The van der Waals surface area contributed by atoms with Crippen molar-refractivity contribution in [3.8, 4) is 5.75 Å². The van der Waals surface area contributed by atoms with Crippen molar-refractivity contribution in [2.24, 2.45) is 5.10 Å². The minimum atomic E-state index is -0.626. The van der Waals surface area contributed by atoms with Gasteiger partial charge in [0.25, 0.3) is 11.8 Å². The van der Waals surface area contributed by atoms with E-state index in [0.717, 1.165) is 5.69 Å². The van der Waals surface area contributed by atoms with E-state index < -0.39 is 17.8 Å². The van der Waals surface area contributed by atoms with E-state index in [4.69, 9.17) is 27.9 Å². The van der Waals surface area contributed by atoms with Gasteiger partial charge in [-0.2, -0.15) is 5.10 Å². The molecule has 0 atom stereocenters. The molecular formula is C32H26Cl2N4O4. The Morgan fingerprint density at radius 1 is 0.833 bits per heavy atom. The molecule has 0 aliphatic carbocycles. The summed E-state index contributed by atoms with van der Waals surface area (Å²) in [5, 5.41) is 7.29. The van der Waals surface area contributed by atoms with E-state index in [1.165, 1.54) is 18.3 Å². The molecule has 8 nitrogen and oxygen atoms in total. The zero-order valence-corrected chi connectivity index (χ0v) is 24.2. The van der Waals surface area contributed by atoms with Crippen molar-refractivity contribution in [3.05, 3.63) is 135 Å². The zero-order valence-electron chi connectivity index (χ0n) is 22.7. The molecule has 10 heteroatoms. The molecule has 0 bridgehead atoms. The van der Waals surface area contributed by atoms with Crippen LogP contribution in [0.1, 0.15) is 31.8 Å². The van der Waals surface area contributed by atoms with E-state index in [1.807, 2.05) is 43.3 Å². The van der Waals surface area contributed by atoms with Crippen LogP contribution in [0, 0.1) is 0 Å². The lowest BCUT2D eigenvalue weighted by atomic mass is 10.1. The van der Waals surface area contributed by atoms with Crippen LogP contribution in [0.15, 0.2) is 108 Å². The number of hydrazone groups is 1. The molecule has 0 saturated carbocycles. The van der Waals surface area contributed by atoms with Crippen LogP contribution in [0.25, 0.3) is 6.08 Å². The monoisotopic (exact) mass is 600 g/mol. The number of anilines is 1. The lowest BCUT2D eigenvalue weighted by Crippen LogP contribution is -2.32. The van der Waals surface area contributed by atoms with E-state index in [2.05, 4.69) is 15.8 Å². The average molecular weight is 601 g/mol. The summed E-state index contributed by atoms with van der Waals surface area (Å²) in [5.41, 5.74) is 5.38. The lowest BCUT2D eigenvalue weighted by molar-refractivity contribution is -0.117. The van der Waals surface area contributed by atoms with Crippen molar-refractivity contribution >= 4 is 59.0 Å². The molecule has 0 unspecified atom stereocenters. The van der Waals surface area contributed by atoms with Gasteiger partial charge in [0.05, 0.1) is 16.8 Å². The van der Waals surface area contributed by atoms with E-state index in [1.54, 1.807) is 66.7 Å². The molecule has 4 aromatic carbocycles. The largest absolute Gasteiger partial charge is 0.423 e. The number of ether oxygens (including phenoxy) is 1. The second-order valence-electron chi connectivity index (χ2n) is 9.15. The number of hydrogen-bond donors (Lipinski definition) is 2. The van der Waals surface area contributed by atoms with Gasteiger partial charge in [0.15, 0.2) is 0 Å².